The summed E-state index contributed by atoms with van der Waals surface area (Å²) in [6.07, 6.45) is 4.27. The molecule has 3 nitrogen and oxygen atoms in total. The van der Waals surface area contributed by atoms with Gasteiger partial charge in [-0.05, 0) is 19.4 Å². The highest BCUT2D eigenvalue weighted by molar-refractivity contribution is 7.09. The van der Waals surface area contributed by atoms with Crippen LogP contribution in [0.1, 0.15) is 24.0 Å². The predicted molar refractivity (Wildman–Crippen MR) is 52.6 cm³/mol. The minimum absolute atomic E-state index is 0.152. The van der Waals surface area contributed by atoms with Crippen LogP contribution in [0, 0.1) is 5.92 Å². The van der Waals surface area contributed by atoms with Crippen LogP contribution in [0.2, 0.25) is 0 Å². The zero-order chi connectivity index (χ0) is 9.10. The third-order valence-electron chi connectivity index (χ3n) is 2.44. The molecular weight excluding hydrogens is 184 g/mol. The number of hydrogen-bond donors (Lipinski definition) is 1. The maximum Gasteiger partial charge on any atom is 0.122 e. The zero-order valence-electron chi connectivity index (χ0n) is 7.48. The minimum atomic E-state index is 0.152. The quantitative estimate of drug-likeness (QED) is 0.784. The van der Waals surface area contributed by atoms with Crippen LogP contribution in [0.3, 0.4) is 0 Å². The molecule has 0 bridgehead atoms. The van der Waals surface area contributed by atoms with Gasteiger partial charge in [0.2, 0.25) is 0 Å². The summed E-state index contributed by atoms with van der Waals surface area (Å²) < 4.78 is 5.69. The van der Waals surface area contributed by atoms with E-state index in [9.17, 15) is 0 Å². The monoisotopic (exact) mass is 198 g/mol. The summed E-state index contributed by atoms with van der Waals surface area (Å²) in [5, 5.41) is 3.07. The molecule has 1 aliphatic rings. The summed E-state index contributed by atoms with van der Waals surface area (Å²) in [4.78, 5) is 4.28. The molecule has 1 fully saturated rings. The van der Waals surface area contributed by atoms with Crippen molar-refractivity contribution in [1.29, 1.82) is 0 Å². The number of rotatable bonds is 2. The second-order valence-electron chi connectivity index (χ2n) is 3.30. The zero-order valence-corrected chi connectivity index (χ0v) is 8.30. The van der Waals surface area contributed by atoms with Crippen molar-refractivity contribution in [2.75, 3.05) is 13.2 Å². The molecule has 1 aliphatic heterocycles. The van der Waals surface area contributed by atoms with Gasteiger partial charge in [0.1, 0.15) is 11.1 Å². The molecule has 1 saturated heterocycles. The SMILES string of the molecule is NCC1CCCOC1c1nccs1. The molecule has 0 spiro atoms. The molecular formula is C9H14N2OS. The fourth-order valence-electron chi connectivity index (χ4n) is 1.73. The standard InChI is InChI=1S/C9H14N2OS/c10-6-7-2-1-4-12-8(7)9-11-3-5-13-9/h3,5,7-8H,1-2,4,6,10H2. The Hall–Kier alpha value is -0.450. The normalized spacial score (nSPS) is 29.0. The van der Waals surface area contributed by atoms with Crippen LogP contribution in [-0.2, 0) is 4.74 Å². The van der Waals surface area contributed by atoms with Crippen molar-refractivity contribution < 1.29 is 4.74 Å². The molecule has 2 rings (SSSR count). The van der Waals surface area contributed by atoms with Crippen molar-refractivity contribution in [3.63, 3.8) is 0 Å². The number of ether oxygens (including phenoxy) is 1. The lowest BCUT2D eigenvalue weighted by atomic mass is 9.95. The largest absolute Gasteiger partial charge is 0.371 e. The van der Waals surface area contributed by atoms with Crippen molar-refractivity contribution in [2.45, 2.75) is 18.9 Å². The topological polar surface area (TPSA) is 48.1 Å². The number of nitrogens with two attached hydrogens (primary N) is 1. The predicted octanol–water partition coefficient (Wildman–Crippen LogP) is 1.57. The van der Waals surface area contributed by atoms with Crippen LogP contribution < -0.4 is 5.73 Å². The molecule has 2 heterocycles. The van der Waals surface area contributed by atoms with Crippen LogP contribution in [0.25, 0.3) is 0 Å². The molecule has 13 heavy (non-hydrogen) atoms. The van der Waals surface area contributed by atoms with E-state index in [-0.39, 0.29) is 6.10 Å². The Morgan fingerprint density at radius 1 is 1.69 bits per heavy atom. The highest BCUT2D eigenvalue weighted by atomic mass is 32.1. The Kier molecular flexibility index (Phi) is 2.93. The number of nitrogens with zero attached hydrogens (tertiary/aromatic N) is 1. The van der Waals surface area contributed by atoms with Gasteiger partial charge in [-0.3, -0.25) is 0 Å². The molecule has 2 atom stereocenters. The molecule has 0 amide bonds. The summed E-state index contributed by atoms with van der Waals surface area (Å²) in [6, 6.07) is 0. The van der Waals surface area contributed by atoms with Crippen molar-refractivity contribution in [3.05, 3.63) is 16.6 Å². The van der Waals surface area contributed by atoms with Crippen molar-refractivity contribution in [2.24, 2.45) is 11.7 Å². The third kappa shape index (κ3) is 1.90. The molecule has 0 aliphatic carbocycles. The average Bonchev–Trinajstić information content (AvgIpc) is 2.70. The summed E-state index contributed by atoms with van der Waals surface area (Å²) in [5.41, 5.74) is 5.70. The van der Waals surface area contributed by atoms with Crippen LogP contribution in [0.4, 0.5) is 0 Å². The number of thiazole rings is 1. The molecule has 4 heteroatoms. The highest BCUT2D eigenvalue weighted by Gasteiger charge is 2.27. The molecule has 2 unspecified atom stereocenters. The van der Waals surface area contributed by atoms with E-state index in [4.69, 9.17) is 10.5 Å². The Balaban J connectivity index is 2.11. The first kappa shape index (κ1) is 9.12. The van der Waals surface area contributed by atoms with Gasteiger partial charge in [0.05, 0.1) is 0 Å². The fraction of sp³-hybridized carbons (Fsp3) is 0.667. The van der Waals surface area contributed by atoms with E-state index in [1.807, 2.05) is 11.6 Å². The van der Waals surface area contributed by atoms with Crippen LogP contribution in [0.15, 0.2) is 11.6 Å². The third-order valence-corrected chi connectivity index (χ3v) is 3.28. The molecule has 0 saturated carbocycles. The second kappa shape index (κ2) is 4.17. The van der Waals surface area contributed by atoms with Gasteiger partial charge < -0.3 is 10.5 Å². The van der Waals surface area contributed by atoms with Crippen molar-refractivity contribution >= 4 is 11.3 Å². The van der Waals surface area contributed by atoms with Crippen molar-refractivity contribution in [1.82, 2.24) is 4.98 Å². The van der Waals surface area contributed by atoms with Gasteiger partial charge in [0, 0.05) is 24.1 Å². The van der Waals surface area contributed by atoms with Gasteiger partial charge >= 0.3 is 0 Å². The lowest BCUT2D eigenvalue weighted by molar-refractivity contribution is -0.0252. The lowest BCUT2D eigenvalue weighted by Gasteiger charge is -2.29. The smallest absolute Gasteiger partial charge is 0.122 e. The molecule has 1 aromatic rings. The Morgan fingerprint density at radius 3 is 3.31 bits per heavy atom. The first-order valence-electron chi connectivity index (χ1n) is 4.63. The van der Waals surface area contributed by atoms with Gasteiger partial charge in [-0.15, -0.1) is 11.3 Å². The van der Waals surface area contributed by atoms with Crippen LogP contribution in [-0.4, -0.2) is 18.1 Å². The van der Waals surface area contributed by atoms with E-state index in [2.05, 4.69) is 4.98 Å². The number of aromatic nitrogens is 1. The Labute approximate surface area is 81.9 Å². The summed E-state index contributed by atoms with van der Waals surface area (Å²) >= 11 is 1.66. The van der Waals surface area contributed by atoms with E-state index < -0.39 is 0 Å². The van der Waals surface area contributed by atoms with Crippen molar-refractivity contribution in [3.8, 4) is 0 Å². The highest BCUT2D eigenvalue weighted by Crippen LogP contribution is 2.33. The van der Waals surface area contributed by atoms with E-state index in [0.717, 1.165) is 18.0 Å². The summed E-state index contributed by atoms with van der Waals surface area (Å²) in [7, 11) is 0. The first-order chi connectivity index (χ1) is 6.42. The Bertz CT molecular complexity index is 250. The maximum atomic E-state index is 5.70. The second-order valence-corrected chi connectivity index (χ2v) is 4.23. The fourth-order valence-corrected chi connectivity index (χ4v) is 2.51. The lowest BCUT2D eigenvalue weighted by Crippen LogP contribution is -2.28. The average molecular weight is 198 g/mol. The van der Waals surface area contributed by atoms with Gasteiger partial charge in [0.25, 0.3) is 0 Å². The molecule has 0 radical (unpaired) electrons. The number of hydrogen-bond acceptors (Lipinski definition) is 4. The molecule has 1 aromatic heterocycles. The van der Waals surface area contributed by atoms with Gasteiger partial charge in [-0.25, -0.2) is 4.98 Å². The van der Waals surface area contributed by atoms with E-state index >= 15 is 0 Å². The van der Waals surface area contributed by atoms with Gasteiger partial charge in [-0.2, -0.15) is 0 Å². The van der Waals surface area contributed by atoms with Crippen LogP contribution in [0.5, 0.6) is 0 Å². The molecule has 0 aromatic carbocycles. The molecule has 72 valence electrons. The first-order valence-corrected chi connectivity index (χ1v) is 5.51. The van der Waals surface area contributed by atoms with Gasteiger partial charge in [0.15, 0.2) is 0 Å². The molecule has 2 N–H and O–H groups in total. The Morgan fingerprint density at radius 2 is 2.62 bits per heavy atom. The van der Waals surface area contributed by atoms with E-state index in [1.165, 1.54) is 6.42 Å². The summed E-state index contributed by atoms with van der Waals surface area (Å²) in [6.45, 7) is 1.55. The van der Waals surface area contributed by atoms with E-state index in [1.54, 1.807) is 11.3 Å². The minimum Gasteiger partial charge on any atom is -0.371 e. The van der Waals surface area contributed by atoms with Gasteiger partial charge in [-0.1, -0.05) is 0 Å². The van der Waals surface area contributed by atoms with Crippen LogP contribution >= 0.6 is 11.3 Å². The summed E-state index contributed by atoms with van der Waals surface area (Å²) in [5.74, 6) is 0.458. The maximum absolute atomic E-state index is 5.70. The van der Waals surface area contributed by atoms with E-state index in [0.29, 0.717) is 12.5 Å².